The van der Waals surface area contributed by atoms with Crippen molar-refractivity contribution in [1.29, 1.82) is 0 Å². The van der Waals surface area contributed by atoms with E-state index in [1.807, 2.05) is 12.3 Å². The lowest BCUT2D eigenvalue weighted by molar-refractivity contribution is 0.579. The van der Waals surface area contributed by atoms with Crippen molar-refractivity contribution in [1.82, 2.24) is 9.71 Å². The first-order valence-electron chi connectivity index (χ1n) is 5.24. The van der Waals surface area contributed by atoms with Crippen LogP contribution in [0.25, 0.3) is 0 Å². The molecule has 4 nitrogen and oxygen atoms in total. The Morgan fingerprint density at radius 3 is 2.79 bits per heavy atom. The van der Waals surface area contributed by atoms with Gasteiger partial charge in [-0.3, -0.25) is 0 Å². The fourth-order valence-corrected chi connectivity index (χ4v) is 4.25. The Balaban J connectivity index is 2.18. The fraction of sp³-hybridized carbons (Fsp3) is 0.182. The van der Waals surface area contributed by atoms with Crippen LogP contribution in [-0.2, 0) is 16.6 Å². The van der Waals surface area contributed by atoms with Crippen LogP contribution in [0, 0.1) is 12.7 Å². The summed E-state index contributed by atoms with van der Waals surface area (Å²) in [5.41, 5.74) is 0.849. The molecule has 0 saturated heterocycles. The molecule has 19 heavy (non-hydrogen) atoms. The lowest BCUT2D eigenvalue weighted by atomic mass is 10.3. The van der Waals surface area contributed by atoms with Crippen LogP contribution in [0.15, 0.2) is 32.9 Å². The van der Waals surface area contributed by atoms with Crippen LogP contribution in [0.5, 0.6) is 0 Å². The number of sulfonamides is 1. The van der Waals surface area contributed by atoms with Gasteiger partial charge in [0.15, 0.2) is 0 Å². The van der Waals surface area contributed by atoms with Gasteiger partial charge in [0, 0.05) is 15.5 Å². The van der Waals surface area contributed by atoms with Gasteiger partial charge in [-0.2, -0.15) is 0 Å². The third kappa shape index (κ3) is 3.59. The lowest BCUT2D eigenvalue weighted by Gasteiger charge is -2.07. The molecule has 1 N–H and O–H groups in total. The Morgan fingerprint density at radius 1 is 1.47 bits per heavy atom. The molecule has 2 rings (SSSR count). The number of hydrogen-bond acceptors (Lipinski definition) is 4. The Kier molecular flexibility index (Phi) is 4.34. The summed E-state index contributed by atoms with van der Waals surface area (Å²) in [4.78, 5) is 4.17. The number of nitrogens with one attached hydrogen (secondary N) is 1. The minimum Gasteiger partial charge on any atom is -0.245 e. The second kappa shape index (κ2) is 5.66. The second-order valence-corrected chi connectivity index (χ2v) is 7.31. The number of benzene rings is 1. The molecule has 0 spiro atoms. The number of thiazole rings is 1. The highest BCUT2D eigenvalue weighted by molar-refractivity contribution is 9.10. The molecular weight excluding hydrogens is 355 g/mol. The van der Waals surface area contributed by atoms with Crippen molar-refractivity contribution in [3.63, 3.8) is 0 Å². The van der Waals surface area contributed by atoms with Gasteiger partial charge >= 0.3 is 0 Å². The molecule has 102 valence electrons. The first kappa shape index (κ1) is 14.6. The molecule has 0 fully saturated rings. The van der Waals surface area contributed by atoms with E-state index in [2.05, 4.69) is 25.6 Å². The molecular formula is C11H10BrFN2O2S2. The summed E-state index contributed by atoms with van der Waals surface area (Å²) in [6.45, 7) is 1.95. The standard InChI is InChI=1S/C11H10BrFN2O2S2/c1-7-6-18-11(15-7)5-14-19(16,17)10-3-2-8(13)4-9(10)12/h2-4,6,14H,5H2,1H3. The molecule has 0 bridgehead atoms. The molecule has 0 aliphatic heterocycles. The van der Waals surface area contributed by atoms with Crippen molar-refractivity contribution in [2.45, 2.75) is 18.4 Å². The molecule has 1 aromatic heterocycles. The summed E-state index contributed by atoms with van der Waals surface area (Å²) in [5, 5.41) is 2.52. The van der Waals surface area contributed by atoms with E-state index in [0.29, 0.717) is 5.01 Å². The van der Waals surface area contributed by atoms with Gasteiger partial charge in [0.25, 0.3) is 0 Å². The third-order valence-electron chi connectivity index (χ3n) is 2.26. The van der Waals surface area contributed by atoms with E-state index in [9.17, 15) is 12.8 Å². The predicted octanol–water partition coefficient (Wildman–Crippen LogP) is 2.83. The summed E-state index contributed by atoms with van der Waals surface area (Å²) in [6, 6.07) is 3.43. The summed E-state index contributed by atoms with van der Waals surface area (Å²) in [5.74, 6) is -0.499. The molecule has 1 heterocycles. The van der Waals surface area contributed by atoms with E-state index in [1.54, 1.807) is 0 Å². The molecule has 0 aliphatic carbocycles. The number of aryl methyl sites for hydroxylation is 1. The molecule has 0 aliphatic rings. The molecule has 0 radical (unpaired) electrons. The van der Waals surface area contributed by atoms with Crippen LogP contribution in [0.1, 0.15) is 10.7 Å². The lowest BCUT2D eigenvalue weighted by Crippen LogP contribution is -2.23. The van der Waals surface area contributed by atoms with E-state index >= 15 is 0 Å². The normalized spacial score (nSPS) is 11.7. The quantitative estimate of drug-likeness (QED) is 0.907. The van der Waals surface area contributed by atoms with E-state index in [0.717, 1.165) is 17.8 Å². The van der Waals surface area contributed by atoms with Gasteiger partial charge < -0.3 is 0 Å². The molecule has 8 heteroatoms. The smallest absolute Gasteiger partial charge is 0.242 e. The Morgan fingerprint density at radius 2 is 2.21 bits per heavy atom. The van der Waals surface area contributed by atoms with Gasteiger partial charge in [0.05, 0.1) is 11.4 Å². The minimum atomic E-state index is -3.69. The van der Waals surface area contributed by atoms with Crippen LogP contribution in [0.3, 0.4) is 0 Å². The van der Waals surface area contributed by atoms with E-state index in [1.165, 1.54) is 17.4 Å². The molecule has 0 unspecified atom stereocenters. The van der Waals surface area contributed by atoms with Crippen LogP contribution in [0.4, 0.5) is 4.39 Å². The fourth-order valence-electron chi connectivity index (χ4n) is 1.41. The predicted molar refractivity (Wildman–Crippen MR) is 75.0 cm³/mol. The third-order valence-corrected chi connectivity index (χ3v) is 5.61. The van der Waals surface area contributed by atoms with Gasteiger partial charge in [0.1, 0.15) is 10.8 Å². The van der Waals surface area contributed by atoms with Gasteiger partial charge in [0.2, 0.25) is 10.0 Å². The summed E-state index contributed by atoms with van der Waals surface area (Å²) < 4.78 is 39.7. The second-order valence-electron chi connectivity index (χ2n) is 3.78. The Hall–Kier alpha value is -0.830. The molecule has 2 aromatic rings. The summed E-state index contributed by atoms with van der Waals surface area (Å²) >= 11 is 4.42. The van der Waals surface area contributed by atoms with Crippen molar-refractivity contribution < 1.29 is 12.8 Å². The maximum absolute atomic E-state index is 12.9. The van der Waals surface area contributed by atoms with Gasteiger partial charge in [-0.1, -0.05) is 0 Å². The highest BCUT2D eigenvalue weighted by atomic mass is 79.9. The van der Waals surface area contributed by atoms with E-state index in [-0.39, 0.29) is 15.9 Å². The highest BCUT2D eigenvalue weighted by Crippen LogP contribution is 2.23. The highest BCUT2D eigenvalue weighted by Gasteiger charge is 2.18. The molecule has 1 aromatic carbocycles. The van der Waals surface area contributed by atoms with Crippen LogP contribution in [0.2, 0.25) is 0 Å². The largest absolute Gasteiger partial charge is 0.245 e. The van der Waals surface area contributed by atoms with Crippen molar-refractivity contribution in [3.05, 3.63) is 44.6 Å². The average Bonchev–Trinajstić information content (AvgIpc) is 2.72. The van der Waals surface area contributed by atoms with Gasteiger partial charge in [-0.15, -0.1) is 11.3 Å². The van der Waals surface area contributed by atoms with Crippen LogP contribution >= 0.6 is 27.3 Å². The van der Waals surface area contributed by atoms with Gasteiger partial charge in [-0.05, 0) is 41.1 Å². The molecule has 0 atom stereocenters. The first-order valence-corrected chi connectivity index (χ1v) is 8.40. The van der Waals surface area contributed by atoms with Crippen molar-refractivity contribution in [2.75, 3.05) is 0 Å². The maximum atomic E-state index is 12.9. The number of halogens is 2. The van der Waals surface area contributed by atoms with Crippen LogP contribution < -0.4 is 4.72 Å². The SMILES string of the molecule is Cc1csc(CNS(=O)(=O)c2ccc(F)cc2Br)n1. The van der Waals surface area contributed by atoms with E-state index < -0.39 is 15.8 Å². The Labute approximate surface area is 122 Å². The van der Waals surface area contributed by atoms with Crippen molar-refractivity contribution >= 4 is 37.3 Å². The number of nitrogens with zero attached hydrogens (tertiary/aromatic N) is 1. The summed E-state index contributed by atoms with van der Waals surface area (Å²) in [7, 11) is -3.69. The topological polar surface area (TPSA) is 59.1 Å². The zero-order valence-electron chi connectivity index (χ0n) is 9.85. The van der Waals surface area contributed by atoms with Crippen molar-refractivity contribution in [2.24, 2.45) is 0 Å². The number of rotatable bonds is 4. The van der Waals surface area contributed by atoms with Crippen molar-refractivity contribution in [3.8, 4) is 0 Å². The number of hydrogen-bond donors (Lipinski definition) is 1. The van der Waals surface area contributed by atoms with Crippen LogP contribution in [-0.4, -0.2) is 13.4 Å². The zero-order chi connectivity index (χ0) is 14.0. The molecule has 0 amide bonds. The zero-order valence-corrected chi connectivity index (χ0v) is 13.1. The number of aromatic nitrogens is 1. The minimum absolute atomic E-state index is 0.00202. The molecule has 0 saturated carbocycles. The van der Waals surface area contributed by atoms with Gasteiger partial charge in [-0.25, -0.2) is 22.5 Å². The maximum Gasteiger partial charge on any atom is 0.242 e. The summed E-state index contributed by atoms with van der Waals surface area (Å²) in [6.07, 6.45) is 0. The average molecular weight is 365 g/mol. The Bertz CT molecular complexity index is 700. The first-order chi connectivity index (χ1) is 8.88. The monoisotopic (exact) mass is 364 g/mol. The van der Waals surface area contributed by atoms with E-state index in [4.69, 9.17) is 0 Å².